The van der Waals surface area contributed by atoms with Crippen molar-refractivity contribution in [2.75, 3.05) is 5.32 Å². The maximum Gasteiger partial charge on any atom is 0.283 e. The van der Waals surface area contributed by atoms with Crippen LogP contribution in [0.25, 0.3) is 0 Å². The van der Waals surface area contributed by atoms with Gasteiger partial charge in [-0.25, -0.2) is 4.68 Å². The van der Waals surface area contributed by atoms with E-state index < -0.39 is 0 Å². The van der Waals surface area contributed by atoms with Gasteiger partial charge in [-0.05, 0) is 42.1 Å². The van der Waals surface area contributed by atoms with Crippen LogP contribution in [0.5, 0.6) is 0 Å². The Morgan fingerprint density at radius 1 is 1.50 bits per heavy atom. The predicted molar refractivity (Wildman–Crippen MR) is 77.0 cm³/mol. The van der Waals surface area contributed by atoms with Gasteiger partial charge in [0.1, 0.15) is 4.47 Å². The summed E-state index contributed by atoms with van der Waals surface area (Å²) in [6, 6.07) is 0. The Bertz CT molecular complexity index is 478. The zero-order chi connectivity index (χ0) is 13.2. The molecule has 1 saturated carbocycles. The molecule has 2 rings (SSSR count). The molecule has 5 heteroatoms. The van der Waals surface area contributed by atoms with E-state index in [2.05, 4.69) is 33.3 Å². The van der Waals surface area contributed by atoms with Crippen molar-refractivity contribution in [1.29, 1.82) is 0 Å². The first-order valence-corrected chi connectivity index (χ1v) is 7.39. The third-order valence-corrected chi connectivity index (χ3v) is 4.33. The van der Waals surface area contributed by atoms with Crippen LogP contribution in [-0.4, -0.2) is 15.3 Å². The number of rotatable bonds is 4. The minimum Gasteiger partial charge on any atom is -0.378 e. The number of nitrogens with zero attached hydrogens (tertiary/aromatic N) is 2. The normalized spacial score (nSPS) is 17.9. The Hall–Kier alpha value is -0.840. The van der Waals surface area contributed by atoms with Gasteiger partial charge in [0.05, 0.1) is 11.9 Å². The van der Waals surface area contributed by atoms with Gasteiger partial charge >= 0.3 is 0 Å². The number of aryl methyl sites for hydroxylation is 1. The Morgan fingerprint density at radius 3 is 2.78 bits per heavy atom. The minimum atomic E-state index is -0.0524. The van der Waals surface area contributed by atoms with E-state index in [0.717, 1.165) is 24.9 Å². The highest BCUT2D eigenvalue weighted by atomic mass is 79.9. The molecule has 0 unspecified atom stereocenters. The van der Waals surface area contributed by atoms with Crippen LogP contribution in [-0.2, 0) is 6.54 Å². The summed E-state index contributed by atoms with van der Waals surface area (Å²) in [5.74, 6) is 0. The highest BCUT2D eigenvalue weighted by molar-refractivity contribution is 9.10. The molecule has 4 nitrogen and oxygen atoms in total. The molecule has 1 fully saturated rings. The molecular weight excluding hydrogens is 294 g/mol. The van der Waals surface area contributed by atoms with E-state index in [4.69, 9.17) is 0 Å². The zero-order valence-corrected chi connectivity index (χ0v) is 12.6. The number of nitrogens with one attached hydrogen (secondary N) is 1. The summed E-state index contributed by atoms with van der Waals surface area (Å²) < 4.78 is 2.10. The number of hydrogen-bond donors (Lipinski definition) is 1. The van der Waals surface area contributed by atoms with Crippen molar-refractivity contribution >= 4 is 21.6 Å². The van der Waals surface area contributed by atoms with Gasteiger partial charge < -0.3 is 5.32 Å². The summed E-state index contributed by atoms with van der Waals surface area (Å²) in [7, 11) is 0. The van der Waals surface area contributed by atoms with E-state index in [1.165, 1.54) is 17.5 Å². The van der Waals surface area contributed by atoms with Crippen LogP contribution in [0.15, 0.2) is 15.5 Å². The maximum absolute atomic E-state index is 12.1. The Labute approximate surface area is 116 Å². The molecule has 18 heavy (non-hydrogen) atoms. The first-order chi connectivity index (χ1) is 8.56. The lowest BCUT2D eigenvalue weighted by Gasteiger charge is -2.27. The zero-order valence-electron chi connectivity index (χ0n) is 11.0. The smallest absolute Gasteiger partial charge is 0.283 e. The Morgan fingerprint density at radius 2 is 2.17 bits per heavy atom. The van der Waals surface area contributed by atoms with Crippen molar-refractivity contribution in [3.05, 3.63) is 21.0 Å². The van der Waals surface area contributed by atoms with Crippen molar-refractivity contribution in [2.45, 2.75) is 58.0 Å². The summed E-state index contributed by atoms with van der Waals surface area (Å²) in [6.07, 6.45) is 7.46. The van der Waals surface area contributed by atoms with Gasteiger partial charge in [0.15, 0.2) is 0 Å². The number of hydrogen-bond acceptors (Lipinski definition) is 3. The highest BCUT2D eigenvalue weighted by Crippen LogP contribution is 2.33. The summed E-state index contributed by atoms with van der Waals surface area (Å²) >= 11 is 3.40. The first-order valence-electron chi connectivity index (χ1n) is 6.59. The second-order valence-electron chi connectivity index (χ2n) is 5.29. The monoisotopic (exact) mass is 313 g/mol. The first kappa shape index (κ1) is 13.6. The summed E-state index contributed by atoms with van der Waals surface area (Å²) in [4.78, 5) is 12.1. The van der Waals surface area contributed by atoms with Gasteiger partial charge in [-0.3, -0.25) is 4.79 Å². The van der Waals surface area contributed by atoms with Gasteiger partial charge in [0, 0.05) is 12.1 Å². The van der Waals surface area contributed by atoms with Crippen molar-refractivity contribution in [3.8, 4) is 0 Å². The molecule has 1 aliphatic rings. The van der Waals surface area contributed by atoms with Gasteiger partial charge in [-0.2, -0.15) is 5.10 Å². The third-order valence-electron chi connectivity index (χ3n) is 3.56. The van der Waals surface area contributed by atoms with Crippen LogP contribution in [0.1, 0.15) is 46.0 Å². The van der Waals surface area contributed by atoms with E-state index in [1.807, 2.05) is 6.92 Å². The van der Waals surface area contributed by atoms with Crippen LogP contribution in [0, 0.1) is 0 Å². The van der Waals surface area contributed by atoms with Crippen LogP contribution < -0.4 is 10.9 Å². The third kappa shape index (κ3) is 2.76. The fraction of sp³-hybridized carbons (Fsp3) is 0.692. The van der Waals surface area contributed by atoms with Crippen LogP contribution in [0.2, 0.25) is 0 Å². The Kier molecular flexibility index (Phi) is 4.10. The molecule has 0 amide bonds. The molecule has 100 valence electrons. The molecule has 0 aliphatic heterocycles. The topological polar surface area (TPSA) is 46.9 Å². The lowest BCUT2D eigenvalue weighted by molar-refractivity contribution is 0.527. The molecule has 1 heterocycles. The molecule has 0 bridgehead atoms. The van der Waals surface area contributed by atoms with E-state index in [0.29, 0.717) is 11.0 Å². The number of halogens is 1. The maximum atomic E-state index is 12.1. The van der Waals surface area contributed by atoms with Gasteiger partial charge in [-0.15, -0.1) is 0 Å². The lowest BCUT2D eigenvalue weighted by atomic mass is 10.0. The fourth-order valence-corrected chi connectivity index (χ4v) is 2.93. The fourth-order valence-electron chi connectivity index (χ4n) is 2.53. The van der Waals surface area contributed by atoms with Gasteiger partial charge in [0.2, 0.25) is 0 Å². The predicted octanol–water partition coefficient (Wildman–Crippen LogP) is 3.16. The molecule has 0 spiro atoms. The van der Waals surface area contributed by atoms with E-state index >= 15 is 0 Å². The number of aromatic nitrogens is 2. The SMILES string of the molecule is CCCn1ncc(NC2(C)CCCC2)c(Br)c1=O. The average Bonchev–Trinajstić information content (AvgIpc) is 2.76. The van der Waals surface area contributed by atoms with Crippen LogP contribution in [0.3, 0.4) is 0 Å². The standard InChI is InChI=1S/C13H20BrN3O/c1-3-8-17-12(18)11(14)10(9-15-17)16-13(2)6-4-5-7-13/h9,16H,3-8H2,1-2H3. The summed E-state index contributed by atoms with van der Waals surface area (Å²) in [5.41, 5.74) is 0.869. The van der Waals surface area contributed by atoms with Crippen LogP contribution >= 0.6 is 15.9 Å². The molecule has 0 saturated heterocycles. The molecule has 0 radical (unpaired) electrons. The second kappa shape index (κ2) is 5.43. The lowest BCUT2D eigenvalue weighted by Crippen LogP contribution is -2.33. The van der Waals surface area contributed by atoms with Crippen molar-refractivity contribution in [3.63, 3.8) is 0 Å². The molecule has 0 atom stereocenters. The quantitative estimate of drug-likeness (QED) is 0.928. The second-order valence-corrected chi connectivity index (χ2v) is 6.09. The van der Waals surface area contributed by atoms with E-state index in [9.17, 15) is 4.79 Å². The molecule has 1 aromatic rings. The van der Waals surface area contributed by atoms with Crippen molar-refractivity contribution < 1.29 is 0 Å². The summed E-state index contributed by atoms with van der Waals surface area (Å²) in [6.45, 7) is 4.91. The van der Waals surface area contributed by atoms with E-state index in [-0.39, 0.29) is 11.1 Å². The molecular formula is C13H20BrN3O. The van der Waals surface area contributed by atoms with Gasteiger partial charge in [-0.1, -0.05) is 19.8 Å². The highest BCUT2D eigenvalue weighted by Gasteiger charge is 2.29. The average molecular weight is 314 g/mol. The molecule has 1 aromatic heterocycles. The van der Waals surface area contributed by atoms with Crippen LogP contribution in [0.4, 0.5) is 5.69 Å². The molecule has 0 aromatic carbocycles. The number of anilines is 1. The minimum absolute atomic E-state index is 0.0524. The molecule has 1 aliphatic carbocycles. The van der Waals surface area contributed by atoms with E-state index in [1.54, 1.807) is 6.20 Å². The largest absolute Gasteiger partial charge is 0.378 e. The summed E-state index contributed by atoms with van der Waals surface area (Å²) in [5, 5.41) is 7.69. The molecule has 1 N–H and O–H groups in total. The van der Waals surface area contributed by atoms with Crippen molar-refractivity contribution in [2.24, 2.45) is 0 Å². The Balaban J connectivity index is 2.24. The van der Waals surface area contributed by atoms with Crippen molar-refractivity contribution in [1.82, 2.24) is 9.78 Å². The van der Waals surface area contributed by atoms with Gasteiger partial charge in [0.25, 0.3) is 5.56 Å².